The number of nitrogens with zero attached hydrogens (tertiary/aromatic N) is 3. The number of azo groups is 1. The molecule has 0 bridgehead atoms. The van der Waals surface area contributed by atoms with E-state index in [-0.39, 0.29) is 27.7 Å². The lowest BCUT2D eigenvalue weighted by atomic mass is 10.1. The summed E-state index contributed by atoms with van der Waals surface area (Å²) in [6, 6.07) is 17.7. The van der Waals surface area contributed by atoms with Crippen LogP contribution in [-0.2, 0) is 20.2 Å². The third-order valence-electron chi connectivity index (χ3n) is 4.97. The number of aromatic nitrogens is 2. The summed E-state index contributed by atoms with van der Waals surface area (Å²) in [5, 5.41) is 10.8. The number of hydrogen-bond donors (Lipinski definition) is 3. The highest BCUT2D eigenvalue weighted by Gasteiger charge is 2.19. The standard InChI is InChI=1S/C22H18N4O7S2/c1-14-7-12-18(19(13-14)35(31,32)33)23-24-21-20(15-5-3-2-4-6-15)25-26(22(21)27)16-8-10-17(11-9-16)34(28,29)30/h2-13,25H,1H3,(H,28,29,30)(H,31,32,33). The first-order valence-electron chi connectivity index (χ1n) is 9.93. The third-order valence-corrected chi connectivity index (χ3v) is 6.72. The maximum Gasteiger partial charge on any atom is 0.299 e. The molecule has 13 heteroatoms. The van der Waals surface area contributed by atoms with Crippen molar-refractivity contribution in [3.8, 4) is 16.9 Å². The zero-order valence-electron chi connectivity index (χ0n) is 18.0. The minimum Gasteiger partial charge on any atom is -0.288 e. The van der Waals surface area contributed by atoms with Crippen LogP contribution in [0, 0.1) is 6.92 Å². The molecule has 1 heterocycles. The van der Waals surface area contributed by atoms with Crippen LogP contribution < -0.4 is 5.56 Å². The van der Waals surface area contributed by atoms with Gasteiger partial charge in [-0.2, -0.15) is 16.8 Å². The zero-order valence-corrected chi connectivity index (χ0v) is 19.7. The number of hydrogen-bond acceptors (Lipinski definition) is 7. The second-order valence-electron chi connectivity index (χ2n) is 7.46. The maximum atomic E-state index is 13.2. The fraction of sp³-hybridized carbons (Fsp3) is 0.0455. The van der Waals surface area contributed by atoms with Crippen molar-refractivity contribution in [1.29, 1.82) is 0 Å². The summed E-state index contributed by atoms with van der Waals surface area (Å²) in [7, 11) is -9.02. The largest absolute Gasteiger partial charge is 0.299 e. The Morgan fingerprint density at radius 3 is 2.09 bits per heavy atom. The molecule has 0 aliphatic rings. The van der Waals surface area contributed by atoms with Crippen LogP contribution in [0.5, 0.6) is 0 Å². The smallest absolute Gasteiger partial charge is 0.288 e. The summed E-state index contributed by atoms with van der Waals surface area (Å²) in [5.74, 6) is 0. The Bertz CT molecular complexity index is 1710. The fourth-order valence-electron chi connectivity index (χ4n) is 3.29. The van der Waals surface area contributed by atoms with Gasteiger partial charge in [0.05, 0.1) is 16.3 Å². The number of benzene rings is 3. The van der Waals surface area contributed by atoms with Crippen LogP contribution in [0.25, 0.3) is 16.9 Å². The molecule has 11 nitrogen and oxygen atoms in total. The highest BCUT2D eigenvalue weighted by atomic mass is 32.2. The predicted molar refractivity (Wildman–Crippen MR) is 127 cm³/mol. The summed E-state index contributed by atoms with van der Waals surface area (Å²) in [6.07, 6.45) is 0. The lowest BCUT2D eigenvalue weighted by molar-refractivity contribution is 0.481. The lowest BCUT2D eigenvalue weighted by Crippen LogP contribution is -2.14. The minimum atomic E-state index is -4.60. The van der Waals surface area contributed by atoms with Gasteiger partial charge in [-0.25, -0.2) is 4.68 Å². The van der Waals surface area contributed by atoms with Crippen molar-refractivity contribution in [3.63, 3.8) is 0 Å². The van der Waals surface area contributed by atoms with Crippen molar-refractivity contribution < 1.29 is 25.9 Å². The Labute approximate surface area is 199 Å². The average Bonchev–Trinajstić information content (AvgIpc) is 3.14. The molecule has 1 aromatic heterocycles. The summed E-state index contributed by atoms with van der Waals surface area (Å²) < 4.78 is 66.0. The number of nitrogens with one attached hydrogen (secondary N) is 1. The van der Waals surface area contributed by atoms with Gasteiger partial charge in [-0.15, -0.1) is 10.2 Å². The van der Waals surface area contributed by atoms with Crippen molar-refractivity contribution in [1.82, 2.24) is 9.78 Å². The molecule has 4 rings (SSSR count). The molecule has 0 amide bonds. The lowest BCUT2D eigenvalue weighted by Gasteiger charge is -2.03. The van der Waals surface area contributed by atoms with Crippen molar-refractivity contribution in [3.05, 3.63) is 88.7 Å². The van der Waals surface area contributed by atoms with Crippen molar-refractivity contribution >= 4 is 31.6 Å². The van der Waals surface area contributed by atoms with Gasteiger partial charge in [-0.3, -0.25) is 19.0 Å². The van der Waals surface area contributed by atoms with Gasteiger partial charge in [0.2, 0.25) is 0 Å². The van der Waals surface area contributed by atoms with E-state index >= 15 is 0 Å². The van der Waals surface area contributed by atoms with Crippen LogP contribution in [0.2, 0.25) is 0 Å². The minimum absolute atomic E-state index is 0.156. The van der Waals surface area contributed by atoms with Crippen LogP contribution in [0.4, 0.5) is 11.4 Å². The first-order valence-corrected chi connectivity index (χ1v) is 12.8. The van der Waals surface area contributed by atoms with Crippen LogP contribution in [0.3, 0.4) is 0 Å². The van der Waals surface area contributed by atoms with Gasteiger partial charge in [0, 0.05) is 5.56 Å². The quantitative estimate of drug-likeness (QED) is 0.257. The summed E-state index contributed by atoms with van der Waals surface area (Å²) in [4.78, 5) is 12.4. The van der Waals surface area contributed by atoms with E-state index in [0.717, 1.165) is 16.8 Å². The van der Waals surface area contributed by atoms with Crippen molar-refractivity contribution in [2.24, 2.45) is 10.2 Å². The first-order chi connectivity index (χ1) is 16.4. The molecule has 0 fully saturated rings. The van der Waals surface area contributed by atoms with E-state index in [1.807, 2.05) is 0 Å². The van der Waals surface area contributed by atoms with Crippen LogP contribution in [0.1, 0.15) is 5.56 Å². The van der Waals surface area contributed by atoms with E-state index < -0.39 is 30.7 Å². The Morgan fingerprint density at radius 2 is 1.49 bits per heavy atom. The molecule has 35 heavy (non-hydrogen) atoms. The number of aryl methyl sites for hydroxylation is 1. The molecular formula is C22H18N4O7S2. The molecule has 0 aliphatic heterocycles. The Kier molecular flexibility index (Phi) is 6.25. The van der Waals surface area contributed by atoms with Gasteiger partial charge >= 0.3 is 0 Å². The van der Waals surface area contributed by atoms with Gasteiger partial charge < -0.3 is 0 Å². The molecule has 0 atom stereocenters. The Morgan fingerprint density at radius 1 is 0.829 bits per heavy atom. The monoisotopic (exact) mass is 514 g/mol. The maximum absolute atomic E-state index is 13.2. The van der Waals surface area contributed by atoms with E-state index in [9.17, 15) is 30.7 Å². The molecule has 0 aliphatic carbocycles. The van der Waals surface area contributed by atoms with Gasteiger partial charge in [-0.05, 0) is 48.9 Å². The molecule has 0 spiro atoms. The van der Waals surface area contributed by atoms with E-state index in [1.165, 1.54) is 24.3 Å². The third kappa shape index (κ3) is 5.12. The van der Waals surface area contributed by atoms with Gasteiger partial charge in [0.15, 0.2) is 5.69 Å². The van der Waals surface area contributed by atoms with Crippen LogP contribution in [-0.4, -0.2) is 35.7 Å². The van der Waals surface area contributed by atoms with Gasteiger partial charge in [-0.1, -0.05) is 36.4 Å². The molecule has 3 N–H and O–H groups in total. The fourth-order valence-corrected chi connectivity index (χ4v) is 4.48. The molecule has 0 saturated carbocycles. The molecule has 0 radical (unpaired) electrons. The van der Waals surface area contributed by atoms with E-state index in [0.29, 0.717) is 11.1 Å². The van der Waals surface area contributed by atoms with Crippen LogP contribution >= 0.6 is 0 Å². The molecule has 4 aromatic rings. The second kappa shape index (κ2) is 9.03. The SMILES string of the molecule is Cc1ccc(N=Nc2c(-c3ccccc3)[nH]n(-c3ccc(S(=O)(=O)O)cc3)c2=O)c(S(=O)(=O)O)c1. The average molecular weight is 515 g/mol. The zero-order chi connectivity index (χ0) is 25.4. The first kappa shape index (κ1) is 24.2. The topological polar surface area (TPSA) is 171 Å². The van der Waals surface area contributed by atoms with E-state index in [2.05, 4.69) is 15.3 Å². The molecule has 0 unspecified atom stereocenters. The highest BCUT2D eigenvalue weighted by molar-refractivity contribution is 7.86. The van der Waals surface area contributed by atoms with Gasteiger partial charge in [0.1, 0.15) is 10.6 Å². The normalized spacial score (nSPS) is 12.3. The summed E-state index contributed by atoms with van der Waals surface area (Å²) >= 11 is 0. The van der Waals surface area contributed by atoms with Crippen molar-refractivity contribution in [2.45, 2.75) is 16.7 Å². The summed E-state index contributed by atoms with van der Waals surface area (Å²) in [6.45, 7) is 1.64. The molecular weight excluding hydrogens is 496 g/mol. The Balaban J connectivity index is 1.88. The van der Waals surface area contributed by atoms with Crippen LogP contribution in [0.15, 0.2) is 97.6 Å². The highest BCUT2D eigenvalue weighted by Crippen LogP contribution is 2.31. The number of aromatic amines is 1. The Hall–Kier alpha value is -3.91. The molecule has 3 aromatic carbocycles. The molecule has 0 saturated heterocycles. The number of rotatable bonds is 6. The number of H-pyrrole nitrogens is 1. The van der Waals surface area contributed by atoms with Gasteiger partial charge in [0.25, 0.3) is 25.8 Å². The predicted octanol–water partition coefficient (Wildman–Crippen LogP) is 4.05. The van der Waals surface area contributed by atoms with Crippen molar-refractivity contribution in [2.75, 3.05) is 0 Å². The molecule has 180 valence electrons. The van der Waals surface area contributed by atoms with E-state index in [4.69, 9.17) is 0 Å². The van der Waals surface area contributed by atoms with E-state index in [1.54, 1.807) is 43.3 Å². The second-order valence-corrected chi connectivity index (χ2v) is 10.3. The summed E-state index contributed by atoms with van der Waals surface area (Å²) in [5.41, 5.74) is 0.671.